The first kappa shape index (κ1) is 19.3. The Morgan fingerprint density at radius 2 is 1.65 bits per heavy atom. The molecule has 2 saturated heterocycles. The standard InChI is InChI=1S/C18H24Cl2N4O2/c19-14-4-5-15(20)16(12-14)21-17(25)13-22-8-10-24(11-9-22)18(26)23-6-2-1-3-7-23/h4-5,12H,1-3,6-11,13H2,(H,21,25)/p+1. The van der Waals surface area contributed by atoms with Gasteiger partial charge in [0.2, 0.25) is 0 Å². The molecule has 0 radical (unpaired) electrons. The topological polar surface area (TPSA) is 57.1 Å². The van der Waals surface area contributed by atoms with Crippen molar-refractivity contribution in [1.29, 1.82) is 0 Å². The van der Waals surface area contributed by atoms with Gasteiger partial charge in [-0.1, -0.05) is 23.2 Å². The second kappa shape index (κ2) is 8.93. The Balaban J connectivity index is 1.45. The highest BCUT2D eigenvalue weighted by Gasteiger charge is 2.28. The van der Waals surface area contributed by atoms with Gasteiger partial charge < -0.3 is 20.0 Å². The van der Waals surface area contributed by atoms with Gasteiger partial charge in [-0.05, 0) is 37.5 Å². The molecule has 0 atom stereocenters. The molecule has 26 heavy (non-hydrogen) atoms. The molecule has 8 heteroatoms. The Kier molecular flexibility index (Phi) is 6.62. The fraction of sp³-hybridized carbons (Fsp3) is 0.556. The lowest BCUT2D eigenvalue weighted by Gasteiger charge is -2.36. The number of benzene rings is 1. The molecule has 0 aromatic heterocycles. The lowest BCUT2D eigenvalue weighted by molar-refractivity contribution is -0.895. The number of rotatable bonds is 3. The summed E-state index contributed by atoms with van der Waals surface area (Å²) < 4.78 is 0. The number of amides is 3. The lowest BCUT2D eigenvalue weighted by Crippen LogP contribution is -3.15. The fourth-order valence-electron chi connectivity index (χ4n) is 3.49. The minimum atomic E-state index is -0.0972. The van der Waals surface area contributed by atoms with Gasteiger partial charge in [-0.15, -0.1) is 0 Å². The quantitative estimate of drug-likeness (QED) is 0.812. The number of carbonyl (C=O) groups is 2. The van der Waals surface area contributed by atoms with Crippen LogP contribution in [-0.2, 0) is 4.79 Å². The normalized spacial score (nSPS) is 18.7. The van der Waals surface area contributed by atoms with E-state index in [1.54, 1.807) is 18.2 Å². The molecule has 0 saturated carbocycles. The van der Waals surface area contributed by atoms with Gasteiger partial charge in [0.1, 0.15) is 0 Å². The van der Waals surface area contributed by atoms with Crippen LogP contribution in [0.1, 0.15) is 19.3 Å². The van der Waals surface area contributed by atoms with Gasteiger partial charge in [0.05, 0.1) is 36.9 Å². The van der Waals surface area contributed by atoms with E-state index in [4.69, 9.17) is 23.2 Å². The third-order valence-electron chi connectivity index (χ3n) is 4.98. The van der Waals surface area contributed by atoms with Crippen LogP contribution in [0.2, 0.25) is 10.0 Å². The SMILES string of the molecule is O=C(C[NH+]1CCN(C(=O)N2CCCCC2)CC1)Nc1cc(Cl)ccc1Cl. The van der Waals surface area contributed by atoms with Gasteiger partial charge in [0.15, 0.2) is 6.54 Å². The van der Waals surface area contributed by atoms with E-state index in [0.29, 0.717) is 35.4 Å². The number of hydrogen-bond donors (Lipinski definition) is 2. The number of piperidine rings is 1. The van der Waals surface area contributed by atoms with Crippen LogP contribution in [0.4, 0.5) is 10.5 Å². The number of anilines is 1. The van der Waals surface area contributed by atoms with Crippen molar-refractivity contribution >= 4 is 40.8 Å². The molecule has 2 N–H and O–H groups in total. The zero-order valence-corrected chi connectivity index (χ0v) is 16.3. The summed E-state index contributed by atoms with van der Waals surface area (Å²) in [5, 5.41) is 3.82. The molecule has 0 spiro atoms. The molecular formula is C18H25Cl2N4O2+. The van der Waals surface area contributed by atoms with Crippen molar-refractivity contribution in [3.05, 3.63) is 28.2 Å². The number of nitrogens with zero attached hydrogens (tertiary/aromatic N) is 2. The summed E-state index contributed by atoms with van der Waals surface area (Å²) >= 11 is 12.0. The first-order valence-electron chi connectivity index (χ1n) is 9.15. The second-order valence-electron chi connectivity index (χ2n) is 6.92. The van der Waals surface area contributed by atoms with Crippen LogP contribution in [0.5, 0.6) is 0 Å². The van der Waals surface area contributed by atoms with Crippen molar-refractivity contribution in [3.63, 3.8) is 0 Å². The van der Waals surface area contributed by atoms with E-state index in [-0.39, 0.29) is 11.9 Å². The van der Waals surface area contributed by atoms with Crippen molar-refractivity contribution < 1.29 is 14.5 Å². The Bertz CT molecular complexity index is 657. The summed E-state index contributed by atoms with van der Waals surface area (Å²) in [6.45, 7) is 5.02. The van der Waals surface area contributed by atoms with Crippen molar-refractivity contribution in [1.82, 2.24) is 9.80 Å². The van der Waals surface area contributed by atoms with Gasteiger partial charge in [0.25, 0.3) is 5.91 Å². The molecule has 142 valence electrons. The van der Waals surface area contributed by atoms with E-state index in [2.05, 4.69) is 5.32 Å². The first-order valence-corrected chi connectivity index (χ1v) is 9.91. The van der Waals surface area contributed by atoms with E-state index >= 15 is 0 Å². The summed E-state index contributed by atoms with van der Waals surface area (Å²) in [6.07, 6.45) is 3.42. The molecule has 2 aliphatic heterocycles. The summed E-state index contributed by atoms with van der Waals surface area (Å²) in [5.74, 6) is -0.0972. The van der Waals surface area contributed by atoms with Crippen molar-refractivity contribution in [2.45, 2.75) is 19.3 Å². The highest BCUT2D eigenvalue weighted by Crippen LogP contribution is 2.25. The molecule has 1 aromatic rings. The number of quaternary nitrogens is 1. The first-order chi connectivity index (χ1) is 12.5. The number of nitrogens with one attached hydrogen (secondary N) is 2. The molecule has 2 fully saturated rings. The highest BCUT2D eigenvalue weighted by molar-refractivity contribution is 6.35. The summed E-state index contributed by atoms with van der Waals surface area (Å²) in [5.41, 5.74) is 0.530. The lowest BCUT2D eigenvalue weighted by atomic mass is 10.1. The third kappa shape index (κ3) is 5.02. The third-order valence-corrected chi connectivity index (χ3v) is 5.55. The minimum Gasteiger partial charge on any atom is -0.325 e. The van der Waals surface area contributed by atoms with Gasteiger partial charge in [-0.25, -0.2) is 4.79 Å². The molecule has 1 aromatic carbocycles. The number of piperazine rings is 1. The average molecular weight is 400 g/mol. The van der Waals surface area contributed by atoms with E-state index in [1.807, 2.05) is 9.80 Å². The number of carbonyl (C=O) groups excluding carboxylic acids is 2. The Morgan fingerprint density at radius 3 is 2.35 bits per heavy atom. The van der Waals surface area contributed by atoms with Crippen molar-refractivity contribution in [2.75, 3.05) is 51.1 Å². The Hall–Kier alpha value is -1.50. The largest absolute Gasteiger partial charge is 0.325 e. The summed E-state index contributed by atoms with van der Waals surface area (Å²) in [4.78, 5) is 29.9. The molecule has 0 aliphatic carbocycles. The van der Waals surface area contributed by atoms with Gasteiger partial charge in [-0.3, -0.25) is 4.79 Å². The monoisotopic (exact) mass is 399 g/mol. The van der Waals surface area contributed by atoms with E-state index in [9.17, 15) is 9.59 Å². The fourth-order valence-corrected chi connectivity index (χ4v) is 3.83. The number of urea groups is 1. The Labute approximate surface area is 164 Å². The van der Waals surface area contributed by atoms with Crippen LogP contribution in [-0.4, -0.2) is 67.6 Å². The Morgan fingerprint density at radius 1 is 1.00 bits per heavy atom. The maximum atomic E-state index is 12.5. The van der Waals surface area contributed by atoms with Crippen LogP contribution >= 0.6 is 23.2 Å². The molecule has 2 aliphatic rings. The predicted octanol–water partition coefficient (Wildman–Crippen LogP) is 1.74. The van der Waals surface area contributed by atoms with Crippen LogP contribution in [0, 0.1) is 0 Å². The average Bonchev–Trinajstić information content (AvgIpc) is 2.65. The van der Waals surface area contributed by atoms with Gasteiger partial charge in [-0.2, -0.15) is 0 Å². The molecule has 3 amide bonds. The predicted molar refractivity (Wildman–Crippen MR) is 103 cm³/mol. The maximum absolute atomic E-state index is 12.5. The van der Waals surface area contributed by atoms with E-state index < -0.39 is 0 Å². The van der Waals surface area contributed by atoms with Crippen LogP contribution in [0.25, 0.3) is 0 Å². The number of hydrogen-bond acceptors (Lipinski definition) is 2. The number of likely N-dealkylation sites (tertiary alicyclic amines) is 1. The van der Waals surface area contributed by atoms with E-state index in [1.165, 1.54) is 11.3 Å². The smallest absolute Gasteiger partial charge is 0.320 e. The molecule has 0 unspecified atom stereocenters. The zero-order valence-electron chi connectivity index (χ0n) is 14.8. The molecule has 2 heterocycles. The summed E-state index contributed by atoms with van der Waals surface area (Å²) in [6, 6.07) is 5.14. The molecule has 3 rings (SSSR count). The second-order valence-corrected chi connectivity index (χ2v) is 7.76. The van der Waals surface area contributed by atoms with Crippen LogP contribution < -0.4 is 10.2 Å². The van der Waals surface area contributed by atoms with E-state index in [0.717, 1.165) is 39.0 Å². The van der Waals surface area contributed by atoms with Crippen molar-refractivity contribution in [3.8, 4) is 0 Å². The van der Waals surface area contributed by atoms with Gasteiger partial charge >= 0.3 is 6.03 Å². The molecular weight excluding hydrogens is 375 g/mol. The number of halogens is 2. The minimum absolute atomic E-state index is 0.0972. The maximum Gasteiger partial charge on any atom is 0.320 e. The van der Waals surface area contributed by atoms with Crippen LogP contribution in [0.15, 0.2) is 18.2 Å². The van der Waals surface area contributed by atoms with Crippen LogP contribution in [0.3, 0.4) is 0 Å². The van der Waals surface area contributed by atoms with Crippen molar-refractivity contribution in [2.24, 2.45) is 0 Å². The highest BCUT2D eigenvalue weighted by atomic mass is 35.5. The summed E-state index contributed by atoms with van der Waals surface area (Å²) in [7, 11) is 0. The molecule has 6 nitrogen and oxygen atoms in total. The zero-order chi connectivity index (χ0) is 18.5. The molecule has 0 bridgehead atoms. The van der Waals surface area contributed by atoms with Gasteiger partial charge in [0, 0.05) is 18.1 Å².